The molecule has 136 valence electrons. The monoisotopic (exact) mass is 331 g/mol. The third-order valence-electron chi connectivity index (χ3n) is 9.41. The molecule has 0 aromatic carbocycles. The first-order valence-corrected chi connectivity index (χ1v) is 10.6. The Labute approximate surface area is 148 Å². The molecule has 0 aromatic rings. The Balaban J connectivity index is 1.57. The van der Waals surface area contributed by atoms with Gasteiger partial charge in [-0.25, -0.2) is 0 Å². The lowest BCUT2D eigenvalue weighted by Crippen LogP contribution is -2.53. The fraction of sp³-hybridized carbons (Fsp3) is 0.955. The van der Waals surface area contributed by atoms with Crippen molar-refractivity contribution in [3.63, 3.8) is 0 Å². The maximum absolute atomic E-state index is 5.08. The average molecular weight is 332 g/mol. The summed E-state index contributed by atoms with van der Waals surface area (Å²) in [6.45, 7) is 7.74. The minimum atomic E-state index is 0.571. The van der Waals surface area contributed by atoms with Crippen LogP contribution in [0.3, 0.4) is 0 Å². The molecule has 0 radical (unpaired) electrons. The van der Waals surface area contributed by atoms with Gasteiger partial charge in [0.15, 0.2) is 0 Å². The van der Waals surface area contributed by atoms with Gasteiger partial charge in [0.25, 0.3) is 0 Å². The SMILES string of the molecule is CC[C@H]1CCC2C3CC[C@H]4CC(=NOC)CC[C@]4(C)C3CC[C@@]21C. The highest BCUT2D eigenvalue weighted by Gasteiger charge is 2.59. The largest absolute Gasteiger partial charge is 0.399 e. The molecule has 0 amide bonds. The first kappa shape index (κ1) is 16.9. The van der Waals surface area contributed by atoms with Crippen molar-refractivity contribution in [1.29, 1.82) is 0 Å². The molecule has 4 saturated carbocycles. The summed E-state index contributed by atoms with van der Waals surface area (Å²) in [7, 11) is 1.70. The molecular formula is C22H37NO. The van der Waals surface area contributed by atoms with Crippen molar-refractivity contribution in [2.75, 3.05) is 7.11 Å². The van der Waals surface area contributed by atoms with E-state index in [-0.39, 0.29) is 0 Å². The van der Waals surface area contributed by atoms with Crippen LogP contribution in [0, 0.1) is 40.4 Å². The van der Waals surface area contributed by atoms with E-state index in [2.05, 4.69) is 25.9 Å². The Morgan fingerprint density at radius 2 is 1.79 bits per heavy atom. The smallest absolute Gasteiger partial charge is 0.106 e. The predicted molar refractivity (Wildman–Crippen MR) is 100.0 cm³/mol. The molecule has 2 nitrogen and oxygen atoms in total. The molecule has 4 rings (SSSR count). The van der Waals surface area contributed by atoms with Crippen molar-refractivity contribution in [3.8, 4) is 0 Å². The van der Waals surface area contributed by atoms with Gasteiger partial charge in [0, 0.05) is 0 Å². The van der Waals surface area contributed by atoms with Crippen LogP contribution in [0.15, 0.2) is 5.16 Å². The molecule has 4 aliphatic rings. The molecule has 3 unspecified atom stereocenters. The predicted octanol–water partition coefficient (Wildman–Crippen LogP) is 6.06. The second kappa shape index (κ2) is 6.02. The van der Waals surface area contributed by atoms with Crippen molar-refractivity contribution in [3.05, 3.63) is 0 Å². The third-order valence-corrected chi connectivity index (χ3v) is 9.41. The summed E-state index contributed by atoms with van der Waals surface area (Å²) in [5.41, 5.74) is 2.56. The van der Waals surface area contributed by atoms with E-state index in [4.69, 9.17) is 4.84 Å². The molecule has 24 heavy (non-hydrogen) atoms. The highest BCUT2D eigenvalue weighted by molar-refractivity contribution is 5.85. The van der Waals surface area contributed by atoms with Gasteiger partial charge in [-0.05, 0) is 98.2 Å². The molecule has 4 aliphatic carbocycles. The highest BCUT2D eigenvalue weighted by atomic mass is 16.6. The van der Waals surface area contributed by atoms with E-state index in [1.54, 1.807) is 7.11 Å². The first-order chi connectivity index (χ1) is 11.5. The molecule has 0 N–H and O–H groups in total. The molecule has 2 heteroatoms. The Hall–Kier alpha value is -0.530. The van der Waals surface area contributed by atoms with Gasteiger partial charge in [-0.2, -0.15) is 0 Å². The van der Waals surface area contributed by atoms with Crippen molar-refractivity contribution < 1.29 is 4.84 Å². The van der Waals surface area contributed by atoms with Gasteiger partial charge < -0.3 is 4.84 Å². The van der Waals surface area contributed by atoms with Gasteiger partial charge in [-0.15, -0.1) is 0 Å². The summed E-state index contributed by atoms with van der Waals surface area (Å²) in [6.07, 6.45) is 14.1. The summed E-state index contributed by atoms with van der Waals surface area (Å²) in [5, 5.41) is 4.31. The van der Waals surface area contributed by atoms with E-state index >= 15 is 0 Å². The van der Waals surface area contributed by atoms with Gasteiger partial charge >= 0.3 is 0 Å². The van der Waals surface area contributed by atoms with Crippen LogP contribution in [-0.4, -0.2) is 12.8 Å². The molecule has 0 aliphatic heterocycles. The zero-order valence-electron chi connectivity index (χ0n) is 16.3. The number of fused-ring (bicyclic) bond motifs is 5. The zero-order valence-corrected chi connectivity index (χ0v) is 16.3. The number of hydrogen-bond donors (Lipinski definition) is 0. The van der Waals surface area contributed by atoms with Gasteiger partial charge in [-0.3, -0.25) is 0 Å². The van der Waals surface area contributed by atoms with Gasteiger partial charge in [-0.1, -0.05) is 32.3 Å². The minimum absolute atomic E-state index is 0.571. The van der Waals surface area contributed by atoms with Crippen molar-refractivity contribution in [2.24, 2.45) is 45.6 Å². The molecular weight excluding hydrogens is 294 g/mol. The van der Waals surface area contributed by atoms with E-state index in [1.165, 1.54) is 69.9 Å². The molecule has 0 saturated heterocycles. The van der Waals surface area contributed by atoms with Crippen LogP contribution in [-0.2, 0) is 4.84 Å². The summed E-state index contributed by atoms with van der Waals surface area (Å²) >= 11 is 0. The van der Waals surface area contributed by atoms with Crippen LogP contribution in [0.4, 0.5) is 0 Å². The van der Waals surface area contributed by atoms with E-state index in [0.29, 0.717) is 10.8 Å². The van der Waals surface area contributed by atoms with Gasteiger partial charge in [0.2, 0.25) is 0 Å². The maximum Gasteiger partial charge on any atom is 0.106 e. The van der Waals surface area contributed by atoms with E-state index in [0.717, 1.165) is 29.6 Å². The lowest BCUT2D eigenvalue weighted by Gasteiger charge is -2.60. The maximum atomic E-state index is 5.08. The van der Waals surface area contributed by atoms with Crippen molar-refractivity contribution >= 4 is 5.71 Å². The summed E-state index contributed by atoms with van der Waals surface area (Å²) in [6, 6.07) is 0. The number of rotatable bonds is 2. The Bertz CT molecular complexity index is 514. The van der Waals surface area contributed by atoms with Gasteiger partial charge in [0.1, 0.15) is 7.11 Å². The molecule has 4 fully saturated rings. The first-order valence-electron chi connectivity index (χ1n) is 10.6. The van der Waals surface area contributed by atoms with Crippen LogP contribution in [0.2, 0.25) is 0 Å². The zero-order chi connectivity index (χ0) is 16.9. The average Bonchev–Trinajstić information content (AvgIpc) is 2.92. The fourth-order valence-corrected chi connectivity index (χ4v) is 8.05. The quantitative estimate of drug-likeness (QED) is 0.564. The molecule has 0 bridgehead atoms. The van der Waals surface area contributed by atoms with E-state index in [9.17, 15) is 0 Å². The standard InChI is InChI=1S/C22H37NO/c1-5-15-7-9-19-18-8-6-16-14-17(23-24-4)10-12-22(16,3)20(18)11-13-21(15,19)2/h15-16,18-20H,5-14H2,1-4H3/t15-,16-,18?,19?,20?,21+,22-/m0/s1. The Kier molecular flexibility index (Phi) is 4.24. The second-order valence-electron chi connectivity index (χ2n) is 9.93. The number of oxime groups is 1. The molecule has 7 atom stereocenters. The molecule has 0 spiro atoms. The summed E-state index contributed by atoms with van der Waals surface area (Å²) < 4.78 is 0. The lowest BCUT2D eigenvalue weighted by atomic mass is 9.44. The van der Waals surface area contributed by atoms with Crippen LogP contribution in [0.5, 0.6) is 0 Å². The number of hydrogen-bond acceptors (Lipinski definition) is 2. The van der Waals surface area contributed by atoms with Crippen LogP contribution >= 0.6 is 0 Å². The molecule has 0 heterocycles. The van der Waals surface area contributed by atoms with Crippen LogP contribution in [0.1, 0.15) is 85.0 Å². The Morgan fingerprint density at radius 1 is 1.00 bits per heavy atom. The van der Waals surface area contributed by atoms with Gasteiger partial charge in [0.05, 0.1) is 5.71 Å². The summed E-state index contributed by atoms with van der Waals surface area (Å²) in [5.74, 6) is 4.87. The number of nitrogens with zero attached hydrogens (tertiary/aromatic N) is 1. The lowest BCUT2D eigenvalue weighted by molar-refractivity contribution is -0.101. The topological polar surface area (TPSA) is 21.6 Å². The van der Waals surface area contributed by atoms with Crippen molar-refractivity contribution in [2.45, 2.75) is 85.0 Å². The van der Waals surface area contributed by atoms with E-state index < -0.39 is 0 Å². The summed E-state index contributed by atoms with van der Waals surface area (Å²) in [4.78, 5) is 5.08. The second-order valence-corrected chi connectivity index (χ2v) is 9.93. The van der Waals surface area contributed by atoms with Crippen LogP contribution in [0.25, 0.3) is 0 Å². The Morgan fingerprint density at radius 3 is 2.54 bits per heavy atom. The van der Waals surface area contributed by atoms with Crippen LogP contribution < -0.4 is 0 Å². The normalized spacial score (nSPS) is 52.5. The third kappa shape index (κ3) is 2.31. The minimum Gasteiger partial charge on any atom is -0.399 e. The highest BCUT2D eigenvalue weighted by Crippen LogP contribution is 2.67. The van der Waals surface area contributed by atoms with E-state index in [1.807, 2.05) is 0 Å². The van der Waals surface area contributed by atoms with Crippen molar-refractivity contribution in [1.82, 2.24) is 0 Å². The molecule has 0 aromatic heterocycles. The fourth-order valence-electron chi connectivity index (χ4n) is 8.05.